The minimum atomic E-state index is 0.0839. The number of fused-ring (bicyclic) bond motifs is 1. The Hall–Kier alpha value is -3.18. The summed E-state index contributed by atoms with van der Waals surface area (Å²) in [4.78, 5) is 22.6. The maximum Gasteiger partial charge on any atom is 0.255 e. The molecule has 5 rings (SSSR count). The summed E-state index contributed by atoms with van der Waals surface area (Å²) in [7, 11) is 0. The Morgan fingerprint density at radius 1 is 0.967 bits per heavy atom. The van der Waals surface area contributed by atoms with Gasteiger partial charge in [0.2, 0.25) is 0 Å². The average molecular weight is 399 g/mol. The van der Waals surface area contributed by atoms with E-state index in [-0.39, 0.29) is 5.91 Å². The van der Waals surface area contributed by atoms with Gasteiger partial charge in [0.1, 0.15) is 5.82 Å². The highest BCUT2D eigenvalue weighted by Gasteiger charge is 2.32. The van der Waals surface area contributed by atoms with E-state index in [1.807, 2.05) is 41.3 Å². The Morgan fingerprint density at radius 3 is 2.47 bits per heavy atom. The number of aromatic nitrogens is 1. The second-order valence-electron chi connectivity index (χ2n) is 7.92. The number of amides is 1. The molecule has 0 radical (unpaired) electrons. The third kappa shape index (κ3) is 3.46. The van der Waals surface area contributed by atoms with E-state index < -0.39 is 0 Å². The van der Waals surface area contributed by atoms with E-state index >= 15 is 0 Å². The van der Waals surface area contributed by atoms with Crippen molar-refractivity contribution in [3.63, 3.8) is 0 Å². The minimum Gasteiger partial charge on any atom is -0.378 e. The molecule has 2 aliphatic rings. The van der Waals surface area contributed by atoms with Gasteiger partial charge in [-0.2, -0.15) is 0 Å². The van der Waals surface area contributed by atoms with Crippen molar-refractivity contribution >= 4 is 11.7 Å². The highest BCUT2D eigenvalue weighted by Crippen LogP contribution is 2.36. The van der Waals surface area contributed by atoms with E-state index in [0.29, 0.717) is 26.3 Å². The van der Waals surface area contributed by atoms with E-state index in [1.165, 1.54) is 5.56 Å². The lowest BCUT2D eigenvalue weighted by Crippen LogP contribution is -2.37. The van der Waals surface area contributed by atoms with Crippen molar-refractivity contribution in [2.24, 2.45) is 0 Å². The van der Waals surface area contributed by atoms with Crippen molar-refractivity contribution in [1.29, 1.82) is 0 Å². The molecule has 0 N–H and O–H groups in total. The van der Waals surface area contributed by atoms with E-state index in [1.54, 1.807) is 0 Å². The van der Waals surface area contributed by atoms with Crippen molar-refractivity contribution in [2.75, 3.05) is 31.2 Å². The van der Waals surface area contributed by atoms with Crippen molar-refractivity contribution in [3.05, 3.63) is 82.9 Å². The van der Waals surface area contributed by atoms with Gasteiger partial charge in [0.25, 0.3) is 5.91 Å². The van der Waals surface area contributed by atoms with Gasteiger partial charge in [0.15, 0.2) is 0 Å². The first-order valence-electron chi connectivity index (χ1n) is 10.5. The van der Waals surface area contributed by atoms with Crippen LogP contribution in [0.1, 0.15) is 27.0 Å². The van der Waals surface area contributed by atoms with Gasteiger partial charge in [0, 0.05) is 37.3 Å². The summed E-state index contributed by atoms with van der Waals surface area (Å²) in [5.74, 6) is 0.950. The predicted molar refractivity (Wildman–Crippen MR) is 117 cm³/mol. The number of benzene rings is 2. The summed E-state index contributed by atoms with van der Waals surface area (Å²) < 4.78 is 5.51. The average Bonchev–Trinajstić information content (AvgIpc) is 3.10. The maximum absolute atomic E-state index is 13.4. The molecule has 0 atom stereocenters. The van der Waals surface area contributed by atoms with Gasteiger partial charge in [-0.25, -0.2) is 4.98 Å². The Bertz CT molecular complexity index is 1080. The summed E-state index contributed by atoms with van der Waals surface area (Å²) in [6, 6.07) is 20.4. The Labute approximate surface area is 176 Å². The van der Waals surface area contributed by atoms with Crippen LogP contribution in [0.3, 0.4) is 0 Å². The molecular formula is C25H25N3O2. The molecule has 1 amide bonds. The van der Waals surface area contributed by atoms with Gasteiger partial charge in [-0.05, 0) is 24.1 Å². The zero-order chi connectivity index (χ0) is 20.5. The molecule has 3 aromatic rings. The molecule has 1 fully saturated rings. The number of aryl methyl sites for hydroxylation is 1. The van der Waals surface area contributed by atoms with Crippen LogP contribution < -0.4 is 4.90 Å². The van der Waals surface area contributed by atoms with E-state index in [9.17, 15) is 4.79 Å². The zero-order valence-corrected chi connectivity index (χ0v) is 17.2. The lowest BCUT2D eigenvalue weighted by atomic mass is 9.99. The van der Waals surface area contributed by atoms with Crippen molar-refractivity contribution < 1.29 is 9.53 Å². The fraction of sp³-hybridized carbons (Fsp3) is 0.280. The summed E-state index contributed by atoms with van der Waals surface area (Å²) in [5.41, 5.74) is 6.13. The lowest BCUT2D eigenvalue weighted by Gasteiger charge is -2.28. The fourth-order valence-corrected chi connectivity index (χ4v) is 4.29. The SMILES string of the molecule is Cc1ccccc1-c1nc(N2CCOCC2)cc2c1CN(Cc1ccccc1)C2=O. The Balaban J connectivity index is 1.58. The number of rotatable bonds is 4. The summed E-state index contributed by atoms with van der Waals surface area (Å²) >= 11 is 0. The monoisotopic (exact) mass is 399 g/mol. The molecule has 5 heteroatoms. The molecule has 3 heterocycles. The topological polar surface area (TPSA) is 45.7 Å². The Morgan fingerprint density at radius 2 is 1.70 bits per heavy atom. The molecule has 1 saturated heterocycles. The largest absolute Gasteiger partial charge is 0.378 e. The Kier molecular flexibility index (Phi) is 4.97. The standard InChI is InChI=1S/C25H25N3O2/c1-18-7-5-6-10-20(18)24-22-17-28(16-19-8-3-2-4-9-19)25(29)21(22)15-23(26-24)27-11-13-30-14-12-27/h2-10,15H,11-14,16-17H2,1H3. The van der Waals surface area contributed by atoms with Crippen molar-refractivity contribution in [3.8, 4) is 11.3 Å². The van der Waals surface area contributed by atoms with Crippen LogP contribution in [0, 0.1) is 6.92 Å². The summed E-state index contributed by atoms with van der Waals surface area (Å²) in [6.45, 7) is 6.25. The molecule has 152 valence electrons. The zero-order valence-electron chi connectivity index (χ0n) is 17.2. The first-order valence-corrected chi connectivity index (χ1v) is 10.5. The number of carbonyl (C=O) groups excluding carboxylic acids is 1. The minimum absolute atomic E-state index is 0.0839. The lowest BCUT2D eigenvalue weighted by molar-refractivity contribution is 0.0767. The number of hydrogen-bond donors (Lipinski definition) is 0. The van der Waals surface area contributed by atoms with Crippen LogP contribution in [0.15, 0.2) is 60.7 Å². The van der Waals surface area contributed by atoms with Crippen LogP contribution in [-0.4, -0.2) is 42.1 Å². The quantitative estimate of drug-likeness (QED) is 0.664. The molecule has 0 unspecified atom stereocenters. The van der Waals surface area contributed by atoms with Crippen molar-refractivity contribution in [1.82, 2.24) is 9.88 Å². The van der Waals surface area contributed by atoms with Crippen LogP contribution in [0.2, 0.25) is 0 Å². The fourth-order valence-electron chi connectivity index (χ4n) is 4.29. The highest BCUT2D eigenvalue weighted by molar-refractivity contribution is 6.01. The van der Waals surface area contributed by atoms with E-state index in [0.717, 1.165) is 46.9 Å². The number of morpholine rings is 1. The summed E-state index contributed by atoms with van der Waals surface area (Å²) in [6.07, 6.45) is 0. The smallest absolute Gasteiger partial charge is 0.255 e. The molecule has 1 aromatic heterocycles. The van der Waals surface area contributed by atoms with E-state index in [4.69, 9.17) is 9.72 Å². The van der Waals surface area contributed by atoms with Gasteiger partial charge in [-0.3, -0.25) is 4.79 Å². The van der Waals surface area contributed by atoms with Crippen molar-refractivity contribution in [2.45, 2.75) is 20.0 Å². The van der Waals surface area contributed by atoms with Crippen LogP contribution in [0.25, 0.3) is 11.3 Å². The van der Waals surface area contributed by atoms with E-state index in [2.05, 4.69) is 36.1 Å². The number of pyridine rings is 1. The number of nitrogens with zero attached hydrogens (tertiary/aromatic N) is 3. The van der Waals surface area contributed by atoms with Gasteiger partial charge in [-0.15, -0.1) is 0 Å². The number of hydrogen-bond acceptors (Lipinski definition) is 4. The number of carbonyl (C=O) groups is 1. The molecule has 30 heavy (non-hydrogen) atoms. The maximum atomic E-state index is 13.4. The van der Waals surface area contributed by atoms with Gasteiger partial charge < -0.3 is 14.5 Å². The molecule has 0 spiro atoms. The van der Waals surface area contributed by atoms with Crippen LogP contribution in [-0.2, 0) is 17.8 Å². The number of anilines is 1. The number of ether oxygens (including phenoxy) is 1. The molecule has 0 aliphatic carbocycles. The molecule has 5 nitrogen and oxygen atoms in total. The third-order valence-corrected chi connectivity index (χ3v) is 5.93. The third-order valence-electron chi connectivity index (χ3n) is 5.93. The highest BCUT2D eigenvalue weighted by atomic mass is 16.5. The summed E-state index contributed by atoms with van der Waals surface area (Å²) in [5, 5.41) is 0. The normalized spacial score (nSPS) is 16.1. The predicted octanol–water partition coefficient (Wildman–Crippen LogP) is 4.05. The van der Waals surface area contributed by atoms with Crippen LogP contribution >= 0.6 is 0 Å². The van der Waals surface area contributed by atoms with Gasteiger partial charge in [0.05, 0.1) is 24.5 Å². The first kappa shape index (κ1) is 18.8. The second-order valence-corrected chi connectivity index (χ2v) is 7.92. The second kappa shape index (κ2) is 7.92. The van der Waals surface area contributed by atoms with Gasteiger partial charge >= 0.3 is 0 Å². The van der Waals surface area contributed by atoms with Crippen LogP contribution in [0.4, 0.5) is 5.82 Å². The van der Waals surface area contributed by atoms with Crippen LogP contribution in [0.5, 0.6) is 0 Å². The molecule has 2 aromatic carbocycles. The molecule has 0 bridgehead atoms. The molecule has 2 aliphatic heterocycles. The first-order chi connectivity index (χ1) is 14.7. The molecule has 0 saturated carbocycles. The van der Waals surface area contributed by atoms with Gasteiger partial charge in [-0.1, -0.05) is 54.6 Å². The molecular weight excluding hydrogens is 374 g/mol.